The summed E-state index contributed by atoms with van der Waals surface area (Å²) in [7, 11) is 0. The van der Waals surface area contributed by atoms with Crippen LogP contribution in [-0.2, 0) is 4.84 Å². The summed E-state index contributed by atoms with van der Waals surface area (Å²) in [5.74, 6) is -2.90. The van der Waals surface area contributed by atoms with Crippen molar-refractivity contribution in [2.45, 2.75) is 6.92 Å². The van der Waals surface area contributed by atoms with Crippen molar-refractivity contribution < 1.29 is 54.0 Å². The summed E-state index contributed by atoms with van der Waals surface area (Å²) >= 11 is 0. The van der Waals surface area contributed by atoms with Gasteiger partial charge in [0.25, 0.3) is 0 Å². The van der Waals surface area contributed by atoms with Crippen LogP contribution >= 0.6 is 0 Å². The molecule has 0 amide bonds. The summed E-state index contributed by atoms with van der Waals surface area (Å²) < 4.78 is 0. The number of hydrogen-bond donors (Lipinski definition) is 5. The van der Waals surface area contributed by atoms with Crippen molar-refractivity contribution in [3.8, 4) is 22.3 Å². The normalized spacial score (nSPS) is 10.4. The van der Waals surface area contributed by atoms with Crippen LogP contribution in [0.1, 0.15) is 67.7 Å². The summed E-state index contributed by atoms with van der Waals surface area (Å²) in [6.07, 6.45) is 0.213. The molecule has 12 heteroatoms. The number of hydrogen-bond acceptors (Lipinski definition) is 8. The van der Waals surface area contributed by atoms with Crippen LogP contribution in [0.5, 0.6) is 0 Å². The van der Waals surface area contributed by atoms with E-state index in [2.05, 4.69) is 4.84 Å². The third kappa shape index (κ3) is 5.04. The highest BCUT2D eigenvalue weighted by atomic mass is 16.7. The van der Waals surface area contributed by atoms with Gasteiger partial charge in [0.05, 0.1) is 27.8 Å². The molecule has 0 aliphatic rings. The van der Waals surface area contributed by atoms with Gasteiger partial charge in [-0.2, -0.15) is 5.90 Å². The van der Waals surface area contributed by atoms with Crippen LogP contribution in [0.15, 0.2) is 42.5 Å². The van der Waals surface area contributed by atoms with E-state index in [1.807, 2.05) is 0 Å². The lowest BCUT2D eigenvalue weighted by atomic mass is 9.90. The maximum Gasteiger partial charge on any atom is 0.357 e. The molecule has 0 bridgehead atoms. The number of aryl methyl sites for hydroxylation is 1. The summed E-state index contributed by atoms with van der Waals surface area (Å²) in [6, 6.07) is 9.01. The van der Waals surface area contributed by atoms with E-state index in [-0.39, 0.29) is 28.5 Å². The van der Waals surface area contributed by atoms with Gasteiger partial charge in [0.1, 0.15) is 0 Å². The number of carboxylic acid groups (broad SMARTS) is 4. The summed E-state index contributed by atoms with van der Waals surface area (Å²) in [5, 5.41) is 38.0. The molecule has 0 radical (unpaired) electrons. The van der Waals surface area contributed by atoms with E-state index < -0.39 is 57.7 Å². The van der Waals surface area contributed by atoms with Crippen LogP contribution in [0.4, 0.5) is 0 Å². The Hall–Kier alpha value is -5.36. The first-order valence-corrected chi connectivity index (χ1v) is 10.2. The molecule has 0 fully saturated rings. The Morgan fingerprint density at radius 2 is 1.08 bits per heavy atom. The Morgan fingerprint density at radius 3 is 1.51 bits per heavy atom. The highest BCUT2D eigenvalue weighted by Crippen LogP contribution is 2.33. The van der Waals surface area contributed by atoms with Crippen molar-refractivity contribution in [3.05, 3.63) is 81.4 Å². The lowest BCUT2D eigenvalue weighted by molar-refractivity contribution is 0.0492. The Bertz CT molecular complexity index is 1520. The molecule has 0 saturated carbocycles. The van der Waals surface area contributed by atoms with Gasteiger partial charge in [-0.25, -0.2) is 24.0 Å². The second-order valence-corrected chi connectivity index (χ2v) is 7.77. The minimum absolute atomic E-state index is 0.0870. The third-order valence-corrected chi connectivity index (χ3v) is 5.39. The van der Waals surface area contributed by atoms with Crippen molar-refractivity contribution in [2.75, 3.05) is 0 Å². The molecule has 188 valence electrons. The van der Waals surface area contributed by atoms with Gasteiger partial charge in [0.2, 0.25) is 0 Å². The van der Waals surface area contributed by atoms with Crippen molar-refractivity contribution >= 4 is 36.1 Å². The van der Waals surface area contributed by atoms with Crippen molar-refractivity contribution in [2.24, 2.45) is 5.90 Å². The lowest BCUT2D eigenvalue weighted by Crippen LogP contribution is -2.18. The van der Waals surface area contributed by atoms with E-state index >= 15 is 0 Å². The van der Waals surface area contributed by atoms with Crippen molar-refractivity contribution in [3.63, 3.8) is 0 Å². The van der Waals surface area contributed by atoms with E-state index in [1.165, 1.54) is 12.1 Å². The van der Waals surface area contributed by atoms with Gasteiger partial charge < -0.3 is 25.3 Å². The summed E-state index contributed by atoms with van der Waals surface area (Å²) in [4.78, 5) is 74.6. The Labute approximate surface area is 207 Å². The number of aromatic carboxylic acids is 4. The predicted molar refractivity (Wildman–Crippen MR) is 125 cm³/mol. The van der Waals surface area contributed by atoms with Crippen LogP contribution in [0, 0.1) is 6.92 Å². The fourth-order valence-corrected chi connectivity index (χ4v) is 3.88. The molecule has 0 aliphatic heterocycles. The summed E-state index contributed by atoms with van der Waals surface area (Å²) in [5.41, 5.74) is -2.41. The van der Waals surface area contributed by atoms with Gasteiger partial charge in [-0.15, -0.1) is 0 Å². The number of carboxylic acids is 4. The number of carbonyl (C=O) groups excluding carboxylic acids is 2. The first-order chi connectivity index (χ1) is 17.4. The molecular weight excluding hydrogens is 490 g/mol. The molecule has 0 unspecified atom stereocenters. The fraction of sp³-hybridized carbons (Fsp3) is 0.0400. The SMILES string of the molecule is Cc1cc(-c2cc(C=O)c(C(=O)O)c(C(=O)O)c2)cc(-c2cc(C(=O)O)c(C(=O)O)c(C(=O)ON)c2)c1. The standard InChI is InChI=1S/C25H17NO11/c1-10-2-11(13-5-15(9-27)19(23(32)33)16(6-13)21(28)29)4-12(3-10)14-7-17(22(30)31)20(24(34)35)18(8-14)25(36)37-26/h2-9H,26H2,1H3,(H,28,29)(H,30,31)(H,32,33)(H,34,35). The molecule has 0 aromatic heterocycles. The monoisotopic (exact) mass is 507 g/mol. The molecule has 12 nitrogen and oxygen atoms in total. The number of carbonyl (C=O) groups is 6. The molecule has 3 aromatic carbocycles. The second kappa shape index (κ2) is 10.1. The average molecular weight is 507 g/mol. The molecule has 0 aliphatic carbocycles. The minimum Gasteiger partial charge on any atom is -0.478 e. The highest BCUT2D eigenvalue weighted by Gasteiger charge is 2.27. The molecule has 6 N–H and O–H groups in total. The third-order valence-electron chi connectivity index (χ3n) is 5.39. The topological polar surface area (TPSA) is 219 Å². The molecule has 0 spiro atoms. The lowest BCUT2D eigenvalue weighted by Gasteiger charge is -2.14. The van der Waals surface area contributed by atoms with Crippen molar-refractivity contribution in [1.82, 2.24) is 0 Å². The zero-order valence-electron chi connectivity index (χ0n) is 18.8. The number of benzene rings is 3. The van der Waals surface area contributed by atoms with Crippen LogP contribution in [0.25, 0.3) is 22.3 Å². The van der Waals surface area contributed by atoms with E-state index in [1.54, 1.807) is 19.1 Å². The Kier molecular flexibility index (Phi) is 7.16. The minimum atomic E-state index is -1.70. The Balaban J connectivity index is 2.34. The fourth-order valence-electron chi connectivity index (χ4n) is 3.88. The van der Waals surface area contributed by atoms with E-state index in [9.17, 15) is 49.2 Å². The molecule has 3 aromatic rings. The first kappa shape index (κ1) is 26.2. The molecular formula is C25H17NO11. The van der Waals surface area contributed by atoms with E-state index in [0.29, 0.717) is 11.1 Å². The van der Waals surface area contributed by atoms with E-state index in [0.717, 1.165) is 18.2 Å². The van der Waals surface area contributed by atoms with Gasteiger partial charge in [0, 0.05) is 5.56 Å². The van der Waals surface area contributed by atoms with Crippen LogP contribution < -0.4 is 5.90 Å². The zero-order chi connectivity index (χ0) is 27.6. The largest absolute Gasteiger partial charge is 0.478 e. The van der Waals surface area contributed by atoms with Gasteiger partial charge in [0.15, 0.2) is 6.29 Å². The van der Waals surface area contributed by atoms with Gasteiger partial charge in [-0.05, 0) is 65.1 Å². The Morgan fingerprint density at radius 1 is 0.649 bits per heavy atom. The average Bonchev–Trinajstić information content (AvgIpc) is 2.85. The smallest absolute Gasteiger partial charge is 0.357 e. The summed E-state index contributed by atoms with van der Waals surface area (Å²) in [6.45, 7) is 1.65. The van der Waals surface area contributed by atoms with Crippen LogP contribution in [0.2, 0.25) is 0 Å². The van der Waals surface area contributed by atoms with Crippen molar-refractivity contribution in [1.29, 1.82) is 0 Å². The second-order valence-electron chi connectivity index (χ2n) is 7.77. The van der Waals surface area contributed by atoms with Crippen LogP contribution in [-0.4, -0.2) is 56.6 Å². The number of nitrogens with two attached hydrogens (primary N) is 1. The number of rotatable bonds is 8. The highest BCUT2D eigenvalue weighted by molar-refractivity contribution is 6.11. The zero-order valence-corrected chi connectivity index (χ0v) is 18.8. The molecule has 3 rings (SSSR count). The first-order valence-electron chi connectivity index (χ1n) is 10.2. The quantitative estimate of drug-likeness (QED) is 0.219. The molecule has 0 heterocycles. The molecule has 0 atom stereocenters. The maximum atomic E-state index is 12.2. The van der Waals surface area contributed by atoms with Crippen LogP contribution in [0.3, 0.4) is 0 Å². The van der Waals surface area contributed by atoms with Gasteiger partial charge >= 0.3 is 29.8 Å². The van der Waals surface area contributed by atoms with Gasteiger partial charge in [-0.3, -0.25) is 4.79 Å². The van der Waals surface area contributed by atoms with Gasteiger partial charge in [-0.1, -0.05) is 12.1 Å². The molecule has 37 heavy (non-hydrogen) atoms. The maximum absolute atomic E-state index is 12.2. The van der Waals surface area contributed by atoms with E-state index in [4.69, 9.17) is 5.90 Å². The number of aldehydes is 1. The predicted octanol–water partition coefficient (Wildman–Crippen LogP) is 2.96. The molecule has 0 saturated heterocycles.